The Morgan fingerprint density at radius 2 is 1.13 bits per heavy atom. The van der Waals surface area contributed by atoms with Gasteiger partial charge in [0, 0.05) is 12.4 Å². The van der Waals surface area contributed by atoms with Gasteiger partial charge in [-0.25, -0.2) is 4.79 Å². The molecule has 0 aliphatic rings. The summed E-state index contributed by atoms with van der Waals surface area (Å²) in [6, 6.07) is -1.10. The van der Waals surface area contributed by atoms with Crippen LogP contribution in [0.25, 0.3) is 0 Å². The van der Waals surface area contributed by atoms with E-state index in [1.54, 1.807) is 0 Å². The molecule has 0 unspecified atom stereocenters. The van der Waals surface area contributed by atoms with Crippen LogP contribution in [0.4, 0.5) is 0 Å². The molecular formula is C23H42KNO5. The summed E-state index contributed by atoms with van der Waals surface area (Å²) in [5.74, 6) is -2.73. The van der Waals surface area contributed by atoms with Gasteiger partial charge < -0.3 is 20.4 Å². The van der Waals surface area contributed by atoms with E-state index >= 15 is 0 Å². The Labute approximate surface area is 225 Å². The zero-order valence-corrected chi connectivity index (χ0v) is 22.5. The molecule has 0 rings (SSSR count). The summed E-state index contributed by atoms with van der Waals surface area (Å²) in [6.07, 6.45) is 18.5. The van der Waals surface area contributed by atoms with Crippen LogP contribution < -0.4 is 62.2 Å². The third-order valence-electron chi connectivity index (χ3n) is 5.16. The van der Waals surface area contributed by atoms with E-state index in [1.807, 2.05) is 0 Å². The standard InChI is InChI=1S/C23H43NO5.K/c1-2-3-4-5-6-7-8-9-10-11-12-13-14-15-16-17-22(27)29-23(28)20(24)18-19-21(25)26;/h20H,2-19,24H2,1H3,(H,25,26);/q;+1/p-1/t20-;/m0./s1. The maximum Gasteiger partial charge on any atom is 1.00 e. The fourth-order valence-electron chi connectivity index (χ4n) is 3.27. The van der Waals surface area contributed by atoms with Crippen LogP contribution in [0.1, 0.15) is 122 Å². The molecule has 0 amide bonds. The Kier molecular flexibility index (Phi) is 25.8. The van der Waals surface area contributed by atoms with Gasteiger partial charge in [0.25, 0.3) is 0 Å². The first-order valence-electron chi connectivity index (χ1n) is 11.7. The number of carbonyl (C=O) groups is 3. The maximum absolute atomic E-state index is 11.6. The molecule has 0 aliphatic heterocycles. The number of hydrogen-bond donors (Lipinski definition) is 1. The fraction of sp³-hybridized carbons (Fsp3) is 0.870. The molecule has 0 aromatic rings. The normalized spacial score (nSPS) is 11.5. The molecular weight excluding hydrogens is 409 g/mol. The van der Waals surface area contributed by atoms with E-state index in [2.05, 4.69) is 11.7 Å². The van der Waals surface area contributed by atoms with Gasteiger partial charge in [0.15, 0.2) is 0 Å². The first-order valence-corrected chi connectivity index (χ1v) is 11.7. The molecule has 30 heavy (non-hydrogen) atoms. The fourth-order valence-corrected chi connectivity index (χ4v) is 3.27. The molecule has 0 heterocycles. The maximum atomic E-state index is 11.6. The number of ether oxygens (including phenoxy) is 1. The van der Waals surface area contributed by atoms with E-state index in [4.69, 9.17) is 5.73 Å². The van der Waals surface area contributed by atoms with Crippen LogP contribution in [-0.4, -0.2) is 23.9 Å². The number of hydrogen-bond acceptors (Lipinski definition) is 6. The van der Waals surface area contributed by atoms with E-state index < -0.39 is 23.9 Å². The van der Waals surface area contributed by atoms with Crippen molar-refractivity contribution in [3.63, 3.8) is 0 Å². The summed E-state index contributed by atoms with van der Waals surface area (Å²) in [4.78, 5) is 33.5. The molecule has 0 saturated heterocycles. The Morgan fingerprint density at radius 3 is 1.53 bits per heavy atom. The number of carbonyl (C=O) groups excluding carboxylic acids is 3. The quantitative estimate of drug-likeness (QED) is 0.129. The van der Waals surface area contributed by atoms with E-state index in [1.165, 1.54) is 77.0 Å². The van der Waals surface area contributed by atoms with Gasteiger partial charge in [-0.05, 0) is 19.3 Å². The molecule has 0 bridgehead atoms. The average Bonchev–Trinajstić information content (AvgIpc) is 2.68. The summed E-state index contributed by atoms with van der Waals surface area (Å²) < 4.78 is 4.65. The van der Waals surface area contributed by atoms with Gasteiger partial charge in [0.1, 0.15) is 6.04 Å². The molecule has 0 aromatic heterocycles. The van der Waals surface area contributed by atoms with Crippen LogP contribution >= 0.6 is 0 Å². The molecule has 0 fully saturated rings. The van der Waals surface area contributed by atoms with Crippen molar-refractivity contribution >= 4 is 17.9 Å². The predicted molar refractivity (Wildman–Crippen MR) is 113 cm³/mol. The Bertz CT molecular complexity index is 445. The van der Waals surface area contributed by atoms with E-state index in [-0.39, 0.29) is 70.6 Å². The molecule has 0 aromatic carbocycles. The molecule has 0 aliphatic carbocycles. The smallest absolute Gasteiger partial charge is 0.550 e. The van der Waals surface area contributed by atoms with E-state index in [0.717, 1.165) is 12.8 Å². The summed E-state index contributed by atoms with van der Waals surface area (Å²) in [5.41, 5.74) is 5.48. The Morgan fingerprint density at radius 1 is 0.733 bits per heavy atom. The minimum atomic E-state index is -1.28. The molecule has 1 atom stereocenters. The second-order valence-electron chi connectivity index (χ2n) is 8.01. The van der Waals surface area contributed by atoms with Crippen molar-refractivity contribution in [2.75, 3.05) is 0 Å². The molecule has 6 nitrogen and oxygen atoms in total. The minimum Gasteiger partial charge on any atom is -0.550 e. The van der Waals surface area contributed by atoms with Crippen LogP contribution in [0.3, 0.4) is 0 Å². The Balaban J connectivity index is 0. The van der Waals surface area contributed by atoms with Gasteiger partial charge in [-0.2, -0.15) is 0 Å². The first kappa shape index (κ1) is 32.4. The Hall–Kier alpha value is 0.206. The van der Waals surface area contributed by atoms with Crippen LogP contribution in [0.15, 0.2) is 0 Å². The van der Waals surface area contributed by atoms with Gasteiger partial charge >= 0.3 is 63.3 Å². The number of esters is 2. The molecule has 0 spiro atoms. The number of nitrogens with two attached hydrogens (primary N) is 1. The van der Waals surface area contributed by atoms with Crippen molar-refractivity contribution in [2.24, 2.45) is 5.73 Å². The second-order valence-corrected chi connectivity index (χ2v) is 8.01. The molecule has 0 saturated carbocycles. The SMILES string of the molecule is CCCCCCCCCCCCCCCCCC(=O)OC(=O)[C@@H](N)CCC(=O)[O-].[K+]. The molecule has 170 valence electrons. The molecule has 2 N–H and O–H groups in total. The largest absolute Gasteiger partial charge is 1.00 e. The number of carboxylic acids is 1. The summed E-state index contributed by atoms with van der Waals surface area (Å²) >= 11 is 0. The minimum absolute atomic E-state index is 0. The van der Waals surface area contributed by atoms with E-state index in [0.29, 0.717) is 6.42 Å². The summed E-state index contributed by atoms with van der Waals surface area (Å²) in [7, 11) is 0. The number of aliphatic carboxylic acids is 1. The van der Waals surface area contributed by atoms with Gasteiger partial charge in [-0.3, -0.25) is 4.79 Å². The molecule has 7 heteroatoms. The monoisotopic (exact) mass is 451 g/mol. The van der Waals surface area contributed by atoms with Gasteiger partial charge in [0.05, 0.1) is 0 Å². The number of unbranched alkanes of at least 4 members (excludes halogenated alkanes) is 14. The predicted octanol–water partition coefficient (Wildman–Crippen LogP) is 1.18. The topological polar surface area (TPSA) is 110 Å². The number of rotatable bonds is 20. The van der Waals surface area contributed by atoms with Crippen molar-refractivity contribution < 1.29 is 75.6 Å². The van der Waals surface area contributed by atoms with Crippen molar-refractivity contribution in [3.05, 3.63) is 0 Å². The van der Waals surface area contributed by atoms with Crippen molar-refractivity contribution in [1.82, 2.24) is 0 Å². The van der Waals surface area contributed by atoms with Gasteiger partial charge in [-0.1, -0.05) is 96.8 Å². The van der Waals surface area contributed by atoms with Gasteiger partial charge in [0.2, 0.25) is 0 Å². The zero-order valence-electron chi connectivity index (χ0n) is 19.4. The van der Waals surface area contributed by atoms with Crippen LogP contribution in [0.5, 0.6) is 0 Å². The van der Waals surface area contributed by atoms with Crippen LogP contribution in [0.2, 0.25) is 0 Å². The average molecular weight is 452 g/mol. The molecule has 0 radical (unpaired) electrons. The van der Waals surface area contributed by atoms with Crippen molar-refractivity contribution in [2.45, 2.75) is 129 Å². The van der Waals surface area contributed by atoms with Gasteiger partial charge in [-0.15, -0.1) is 0 Å². The van der Waals surface area contributed by atoms with Crippen molar-refractivity contribution in [3.8, 4) is 0 Å². The van der Waals surface area contributed by atoms with E-state index in [9.17, 15) is 19.5 Å². The third-order valence-corrected chi connectivity index (χ3v) is 5.16. The zero-order chi connectivity index (χ0) is 21.7. The summed E-state index contributed by atoms with van der Waals surface area (Å²) in [5, 5.41) is 10.3. The second kappa shape index (κ2) is 23.9. The van der Waals surface area contributed by atoms with Crippen LogP contribution in [0, 0.1) is 0 Å². The number of carboxylic acid groups (broad SMARTS) is 1. The first-order chi connectivity index (χ1) is 14.0. The van der Waals surface area contributed by atoms with Crippen molar-refractivity contribution in [1.29, 1.82) is 0 Å². The summed E-state index contributed by atoms with van der Waals surface area (Å²) in [6.45, 7) is 2.25. The van der Waals surface area contributed by atoms with Crippen LogP contribution in [-0.2, 0) is 19.1 Å². The third kappa shape index (κ3) is 22.9.